The molecular formula is C23H34N2O3. The Morgan fingerprint density at radius 1 is 1.07 bits per heavy atom. The minimum atomic E-state index is -0.724. The van der Waals surface area contributed by atoms with Crippen molar-refractivity contribution in [2.24, 2.45) is 17.8 Å². The lowest BCUT2D eigenvalue weighted by molar-refractivity contribution is -0.141. The van der Waals surface area contributed by atoms with Crippen LogP contribution in [-0.2, 0) is 9.59 Å². The Morgan fingerprint density at radius 3 is 2.46 bits per heavy atom. The standard InChI is InChI=1S/C23H34N2O3/c1-24(21-10-6-3-7-11-21)14-12-20-17-25(15-13-19(20)16-22(26)27)23(28)18-8-4-2-5-9-18/h3,6-7,10-11,18-20H,2,4-5,8-9,12-17H2,1H3,(H,26,27)/t19-,20+/m0/s1. The fraction of sp³-hybridized carbons (Fsp3) is 0.652. The Balaban J connectivity index is 1.61. The average molecular weight is 387 g/mol. The van der Waals surface area contributed by atoms with E-state index in [4.69, 9.17) is 0 Å². The Labute approximate surface area is 168 Å². The molecule has 1 saturated heterocycles. The number of rotatable bonds is 7. The Morgan fingerprint density at radius 2 is 1.79 bits per heavy atom. The van der Waals surface area contributed by atoms with Crippen LogP contribution in [0.4, 0.5) is 5.69 Å². The van der Waals surface area contributed by atoms with E-state index in [2.05, 4.69) is 24.1 Å². The van der Waals surface area contributed by atoms with Crippen LogP contribution in [0.5, 0.6) is 0 Å². The van der Waals surface area contributed by atoms with E-state index in [0.29, 0.717) is 5.91 Å². The number of benzene rings is 1. The minimum absolute atomic E-state index is 0.164. The van der Waals surface area contributed by atoms with Gasteiger partial charge in [-0.3, -0.25) is 9.59 Å². The molecule has 1 heterocycles. The van der Waals surface area contributed by atoms with Gasteiger partial charge in [0, 0.05) is 44.7 Å². The van der Waals surface area contributed by atoms with Gasteiger partial charge in [-0.05, 0) is 49.7 Å². The first kappa shape index (κ1) is 20.7. The minimum Gasteiger partial charge on any atom is -0.481 e. The van der Waals surface area contributed by atoms with Crippen molar-refractivity contribution in [3.05, 3.63) is 30.3 Å². The van der Waals surface area contributed by atoms with Crippen molar-refractivity contribution in [2.45, 2.75) is 51.4 Å². The molecule has 28 heavy (non-hydrogen) atoms. The van der Waals surface area contributed by atoms with E-state index in [-0.39, 0.29) is 24.2 Å². The predicted octanol–water partition coefficient (Wildman–Crippen LogP) is 4.03. The van der Waals surface area contributed by atoms with Gasteiger partial charge < -0.3 is 14.9 Å². The van der Waals surface area contributed by atoms with Crippen molar-refractivity contribution >= 4 is 17.6 Å². The number of likely N-dealkylation sites (tertiary alicyclic amines) is 1. The number of aliphatic carboxylic acids is 1. The third-order valence-electron chi connectivity index (χ3n) is 6.63. The molecule has 5 heteroatoms. The molecule has 5 nitrogen and oxygen atoms in total. The summed E-state index contributed by atoms with van der Waals surface area (Å²) >= 11 is 0. The maximum atomic E-state index is 13.0. The van der Waals surface area contributed by atoms with Gasteiger partial charge in [0.05, 0.1) is 0 Å². The zero-order chi connectivity index (χ0) is 19.9. The summed E-state index contributed by atoms with van der Waals surface area (Å²) < 4.78 is 0. The van der Waals surface area contributed by atoms with E-state index in [1.54, 1.807) is 0 Å². The number of carboxylic acid groups (broad SMARTS) is 1. The lowest BCUT2D eigenvalue weighted by atomic mass is 9.80. The van der Waals surface area contributed by atoms with Crippen LogP contribution in [0.1, 0.15) is 51.4 Å². The highest BCUT2D eigenvalue weighted by Crippen LogP contribution is 2.32. The van der Waals surface area contributed by atoms with Gasteiger partial charge in [-0.25, -0.2) is 0 Å². The van der Waals surface area contributed by atoms with Crippen molar-refractivity contribution < 1.29 is 14.7 Å². The van der Waals surface area contributed by atoms with Crippen molar-refractivity contribution in [3.63, 3.8) is 0 Å². The number of hydrogen-bond donors (Lipinski definition) is 1. The van der Waals surface area contributed by atoms with Crippen LogP contribution in [0.15, 0.2) is 30.3 Å². The first-order valence-electron chi connectivity index (χ1n) is 10.8. The maximum absolute atomic E-state index is 13.0. The summed E-state index contributed by atoms with van der Waals surface area (Å²) in [6, 6.07) is 10.3. The van der Waals surface area contributed by atoms with Gasteiger partial charge in [0.2, 0.25) is 5.91 Å². The zero-order valence-corrected chi connectivity index (χ0v) is 17.1. The van der Waals surface area contributed by atoms with Crippen LogP contribution in [-0.4, -0.2) is 48.6 Å². The summed E-state index contributed by atoms with van der Waals surface area (Å²) in [7, 11) is 2.08. The maximum Gasteiger partial charge on any atom is 0.303 e. The number of carbonyl (C=O) groups excluding carboxylic acids is 1. The lowest BCUT2D eigenvalue weighted by Crippen LogP contribution is -2.47. The van der Waals surface area contributed by atoms with Gasteiger partial charge in [0.15, 0.2) is 0 Å². The van der Waals surface area contributed by atoms with Crippen LogP contribution >= 0.6 is 0 Å². The summed E-state index contributed by atoms with van der Waals surface area (Å²) in [6.45, 7) is 2.31. The van der Waals surface area contributed by atoms with Crippen molar-refractivity contribution in [1.82, 2.24) is 4.90 Å². The largest absolute Gasteiger partial charge is 0.481 e. The molecule has 1 amide bonds. The van der Waals surface area contributed by atoms with E-state index in [9.17, 15) is 14.7 Å². The van der Waals surface area contributed by atoms with Gasteiger partial charge >= 0.3 is 5.97 Å². The molecule has 1 aliphatic heterocycles. The van der Waals surface area contributed by atoms with Crippen molar-refractivity contribution in [3.8, 4) is 0 Å². The van der Waals surface area contributed by atoms with E-state index in [1.807, 2.05) is 23.1 Å². The summed E-state index contributed by atoms with van der Waals surface area (Å²) in [5.41, 5.74) is 1.17. The van der Waals surface area contributed by atoms with E-state index in [1.165, 1.54) is 12.1 Å². The number of amides is 1. The fourth-order valence-electron chi connectivity index (χ4n) is 4.88. The molecule has 1 aromatic rings. The molecule has 0 unspecified atom stereocenters. The van der Waals surface area contributed by atoms with Crippen molar-refractivity contribution in [1.29, 1.82) is 0 Å². The molecule has 2 atom stereocenters. The molecule has 1 N–H and O–H groups in total. The SMILES string of the molecule is CN(CC[C@@H]1CN(C(=O)C2CCCCC2)CC[C@H]1CC(=O)O)c1ccccc1. The number of hydrogen-bond acceptors (Lipinski definition) is 3. The van der Waals surface area contributed by atoms with Gasteiger partial charge in [0.1, 0.15) is 0 Å². The first-order valence-corrected chi connectivity index (χ1v) is 10.8. The quantitative estimate of drug-likeness (QED) is 0.768. The molecule has 1 aliphatic carbocycles. The molecule has 1 aromatic carbocycles. The number of nitrogens with zero attached hydrogens (tertiary/aromatic N) is 2. The first-order chi connectivity index (χ1) is 13.5. The number of para-hydroxylation sites is 1. The highest BCUT2D eigenvalue weighted by atomic mass is 16.4. The van der Waals surface area contributed by atoms with E-state index >= 15 is 0 Å². The van der Waals surface area contributed by atoms with E-state index in [0.717, 1.165) is 58.2 Å². The smallest absolute Gasteiger partial charge is 0.303 e. The summed E-state index contributed by atoms with van der Waals surface area (Å²) in [6.07, 6.45) is 7.56. The zero-order valence-electron chi connectivity index (χ0n) is 17.1. The van der Waals surface area contributed by atoms with Crippen LogP contribution in [0.25, 0.3) is 0 Å². The second kappa shape index (κ2) is 9.94. The molecular weight excluding hydrogens is 352 g/mol. The van der Waals surface area contributed by atoms with Gasteiger partial charge in [-0.15, -0.1) is 0 Å². The normalized spacial score (nSPS) is 23.4. The third kappa shape index (κ3) is 5.49. The molecule has 154 valence electrons. The molecule has 2 aliphatic rings. The molecule has 1 saturated carbocycles. The van der Waals surface area contributed by atoms with Crippen LogP contribution < -0.4 is 4.90 Å². The van der Waals surface area contributed by atoms with Gasteiger partial charge in [-0.2, -0.15) is 0 Å². The molecule has 2 fully saturated rings. The van der Waals surface area contributed by atoms with Crippen LogP contribution in [0, 0.1) is 17.8 Å². The second-order valence-electron chi connectivity index (χ2n) is 8.57. The Bertz CT molecular complexity index is 643. The monoisotopic (exact) mass is 386 g/mol. The Kier molecular flexibility index (Phi) is 7.35. The van der Waals surface area contributed by atoms with Crippen LogP contribution in [0.2, 0.25) is 0 Å². The van der Waals surface area contributed by atoms with E-state index < -0.39 is 5.97 Å². The fourth-order valence-corrected chi connectivity index (χ4v) is 4.88. The Hall–Kier alpha value is -2.04. The van der Waals surface area contributed by atoms with Crippen molar-refractivity contribution in [2.75, 3.05) is 31.6 Å². The number of piperidine rings is 1. The molecule has 0 radical (unpaired) electrons. The third-order valence-corrected chi connectivity index (χ3v) is 6.63. The molecule has 3 rings (SSSR count). The molecule has 0 spiro atoms. The molecule has 0 aromatic heterocycles. The van der Waals surface area contributed by atoms with Crippen LogP contribution in [0.3, 0.4) is 0 Å². The summed E-state index contributed by atoms with van der Waals surface area (Å²) in [5.74, 6) is 0.200. The average Bonchev–Trinajstić information content (AvgIpc) is 2.73. The van der Waals surface area contributed by atoms with Gasteiger partial charge in [0.25, 0.3) is 0 Å². The topological polar surface area (TPSA) is 60.9 Å². The highest BCUT2D eigenvalue weighted by Gasteiger charge is 2.35. The highest BCUT2D eigenvalue weighted by molar-refractivity contribution is 5.79. The number of carbonyl (C=O) groups is 2. The summed E-state index contributed by atoms with van der Waals surface area (Å²) in [4.78, 5) is 28.6. The number of anilines is 1. The number of carboxylic acids is 1. The summed E-state index contributed by atoms with van der Waals surface area (Å²) in [5, 5.41) is 9.33. The lowest BCUT2D eigenvalue weighted by Gasteiger charge is -2.40. The van der Waals surface area contributed by atoms with Gasteiger partial charge in [-0.1, -0.05) is 37.5 Å². The molecule has 0 bridgehead atoms. The second-order valence-corrected chi connectivity index (χ2v) is 8.57. The predicted molar refractivity (Wildman–Crippen MR) is 111 cm³/mol.